The molecule has 5 heteroatoms. The highest BCUT2D eigenvalue weighted by Gasteiger charge is 2.08. The average molecular weight is 239 g/mol. The largest absolute Gasteiger partial charge is 0.475 e. The number of nitrogens with one attached hydrogen (secondary N) is 1. The molecule has 17 heavy (non-hydrogen) atoms. The number of aliphatic hydroxyl groups excluding tert-OH is 1. The highest BCUT2D eigenvalue weighted by Crippen LogP contribution is 2.12. The van der Waals surface area contributed by atoms with E-state index < -0.39 is 0 Å². The molecule has 0 fully saturated rings. The quantitative estimate of drug-likeness (QED) is 0.792. The third kappa shape index (κ3) is 5.49. The normalized spacial score (nSPS) is 14.5. The number of ether oxygens (including phenoxy) is 1. The van der Waals surface area contributed by atoms with Gasteiger partial charge in [-0.3, -0.25) is 0 Å². The van der Waals surface area contributed by atoms with E-state index in [1.54, 1.807) is 19.2 Å². The van der Waals surface area contributed by atoms with E-state index >= 15 is 0 Å². The maximum Gasteiger partial charge on any atom is 0.226 e. The van der Waals surface area contributed by atoms with Crippen molar-refractivity contribution in [2.45, 2.75) is 52.4 Å². The van der Waals surface area contributed by atoms with Gasteiger partial charge in [-0.25, -0.2) is 4.98 Å². The Bertz CT molecular complexity index is 342. The number of rotatable bonds is 6. The van der Waals surface area contributed by atoms with Crippen molar-refractivity contribution in [2.75, 3.05) is 5.32 Å². The minimum Gasteiger partial charge on any atom is -0.475 e. The summed E-state index contributed by atoms with van der Waals surface area (Å²) in [5, 5.41) is 12.4. The van der Waals surface area contributed by atoms with Gasteiger partial charge in [0.1, 0.15) is 0 Å². The standard InChI is InChI=1S/C12H21N3O2/c1-8(2)17-11-5-6-13-12(15-11)14-9(3)7-10(4)16/h5-6,8-10,16H,7H2,1-4H3,(H,13,14,15). The molecule has 1 heterocycles. The Hall–Kier alpha value is -1.36. The summed E-state index contributed by atoms with van der Waals surface area (Å²) >= 11 is 0. The fraction of sp³-hybridized carbons (Fsp3) is 0.667. The summed E-state index contributed by atoms with van der Waals surface area (Å²) in [6.45, 7) is 7.64. The fourth-order valence-corrected chi connectivity index (χ4v) is 1.51. The average Bonchev–Trinajstić information content (AvgIpc) is 2.14. The van der Waals surface area contributed by atoms with Crippen LogP contribution in [0, 0.1) is 0 Å². The van der Waals surface area contributed by atoms with Gasteiger partial charge in [0.15, 0.2) is 0 Å². The molecular formula is C12H21N3O2. The van der Waals surface area contributed by atoms with Gasteiger partial charge in [-0.2, -0.15) is 4.98 Å². The summed E-state index contributed by atoms with van der Waals surface area (Å²) in [7, 11) is 0. The molecule has 1 aromatic heterocycles. The summed E-state index contributed by atoms with van der Waals surface area (Å²) in [6, 6.07) is 1.84. The monoisotopic (exact) mass is 239 g/mol. The third-order valence-corrected chi connectivity index (χ3v) is 2.06. The first-order valence-corrected chi connectivity index (χ1v) is 5.91. The van der Waals surface area contributed by atoms with Crippen LogP contribution in [0.25, 0.3) is 0 Å². The molecular weight excluding hydrogens is 218 g/mol. The van der Waals surface area contributed by atoms with Crippen molar-refractivity contribution in [1.29, 1.82) is 0 Å². The number of hydrogen-bond donors (Lipinski definition) is 2. The van der Waals surface area contributed by atoms with Crippen LogP contribution in [0.3, 0.4) is 0 Å². The van der Waals surface area contributed by atoms with Gasteiger partial charge < -0.3 is 15.2 Å². The van der Waals surface area contributed by atoms with E-state index in [4.69, 9.17) is 4.74 Å². The number of hydrogen-bond acceptors (Lipinski definition) is 5. The summed E-state index contributed by atoms with van der Waals surface area (Å²) in [5.74, 6) is 1.08. The lowest BCUT2D eigenvalue weighted by atomic mass is 10.2. The van der Waals surface area contributed by atoms with Crippen LogP contribution >= 0.6 is 0 Å². The molecule has 0 aliphatic rings. The Balaban J connectivity index is 2.59. The minimum absolute atomic E-state index is 0.0904. The van der Waals surface area contributed by atoms with E-state index in [0.29, 0.717) is 18.2 Å². The SMILES string of the molecule is CC(O)CC(C)Nc1nccc(OC(C)C)n1. The Morgan fingerprint density at radius 1 is 1.35 bits per heavy atom. The van der Waals surface area contributed by atoms with Gasteiger partial charge in [0.05, 0.1) is 12.2 Å². The van der Waals surface area contributed by atoms with Gasteiger partial charge in [-0.15, -0.1) is 0 Å². The molecule has 0 amide bonds. The van der Waals surface area contributed by atoms with Crippen LogP contribution in [0.15, 0.2) is 12.3 Å². The maximum atomic E-state index is 9.27. The van der Waals surface area contributed by atoms with Crippen molar-refractivity contribution < 1.29 is 9.84 Å². The van der Waals surface area contributed by atoms with Gasteiger partial charge in [0.25, 0.3) is 0 Å². The zero-order valence-corrected chi connectivity index (χ0v) is 10.8. The van der Waals surface area contributed by atoms with Crippen molar-refractivity contribution in [3.05, 3.63) is 12.3 Å². The minimum atomic E-state index is -0.340. The van der Waals surface area contributed by atoms with Crippen LogP contribution in [0.4, 0.5) is 5.95 Å². The van der Waals surface area contributed by atoms with Gasteiger partial charge >= 0.3 is 0 Å². The Labute approximate surface area is 102 Å². The molecule has 2 atom stereocenters. The second-order valence-corrected chi connectivity index (χ2v) is 4.52. The van der Waals surface area contributed by atoms with Crippen molar-refractivity contribution in [3.8, 4) is 5.88 Å². The topological polar surface area (TPSA) is 67.3 Å². The lowest BCUT2D eigenvalue weighted by Gasteiger charge is -2.16. The van der Waals surface area contributed by atoms with Crippen molar-refractivity contribution in [3.63, 3.8) is 0 Å². The molecule has 0 saturated heterocycles. The van der Waals surface area contributed by atoms with Crippen LogP contribution in [-0.2, 0) is 0 Å². The summed E-state index contributed by atoms with van der Waals surface area (Å²) in [6.07, 6.45) is 2.06. The molecule has 0 aliphatic heterocycles. The summed E-state index contributed by atoms with van der Waals surface area (Å²) < 4.78 is 5.48. The van der Waals surface area contributed by atoms with Crippen LogP contribution < -0.4 is 10.1 Å². The smallest absolute Gasteiger partial charge is 0.226 e. The first-order valence-electron chi connectivity index (χ1n) is 5.91. The van der Waals surface area contributed by atoms with Crippen LogP contribution in [0.2, 0.25) is 0 Å². The number of aliphatic hydroxyl groups is 1. The van der Waals surface area contributed by atoms with Crippen molar-refractivity contribution in [1.82, 2.24) is 9.97 Å². The van der Waals surface area contributed by atoms with Gasteiger partial charge in [0.2, 0.25) is 11.8 Å². The molecule has 0 bridgehead atoms. The predicted octanol–water partition coefficient (Wildman–Crippen LogP) is 1.84. The summed E-state index contributed by atoms with van der Waals surface area (Å²) in [4.78, 5) is 8.34. The van der Waals surface area contributed by atoms with E-state index in [2.05, 4.69) is 15.3 Å². The number of aromatic nitrogens is 2. The van der Waals surface area contributed by atoms with Gasteiger partial charge in [-0.1, -0.05) is 0 Å². The lowest BCUT2D eigenvalue weighted by molar-refractivity contribution is 0.179. The molecule has 0 aromatic carbocycles. The predicted molar refractivity (Wildman–Crippen MR) is 67.2 cm³/mol. The van der Waals surface area contributed by atoms with E-state index in [-0.39, 0.29) is 18.2 Å². The first-order chi connectivity index (χ1) is 7.97. The van der Waals surface area contributed by atoms with Gasteiger partial charge in [0, 0.05) is 18.3 Å². The molecule has 0 saturated carbocycles. The van der Waals surface area contributed by atoms with E-state index in [9.17, 15) is 5.11 Å². The molecule has 96 valence electrons. The number of nitrogens with zero attached hydrogens (tertiary/aromatic N) is 2. The highest BCUT2D eigenvalue weighted by molar-refractivity contribution is 5.28. The molecule has 0 spiro atoms. The Morgan fingerprint density at radius 2 is 2.06 bits per heavy atom. The third-order valence-electron chi connectivity index (χ3n) is 2.06. The zero-order chi connectivity index (χ0) is 12.8. The maximum absolute atomic E-state index is 9.27. The van der Waals surface area contributed by atoms with Crippen LogP contribution in [-0.4, -0.2) is 33.3 Å². The summed E-state index contributed by atoms with van der Waals surface area (Å²) in [5.41, 5.74) is 0. The van der Waals surface area contributed by atoms with E-state index in [1.165, 1.54) is 0 Å². The lowest BCUT2D eigenvalue weighted by Crippen LogP contribution is -2.22. The molecule has 1 aromatic rings. The molecule has 1 rings (SSSR count). The highest BCUT2D eigenvalue weighted by atomic mass is 16.5. The van der Waals surface area contributed by atoms with Crippen LogP contribution in [0.1, 0.15) is 34.1 Å². The first kappa shape index (κ1) is 13.7. The molecule has 0 aliphatic carbocycles. The van der Waals surface area contributed by atoms with E-state index in [0.717, 1.165) is 0 Å². The molecule has 0 radical (unpaired) electrons. The zero-order valence-electron chi connectivity index (χ0n) is 10.8. The van der Waals surface area contributed by atoms with Gasteiger partial charge in [-0.05, 0) is 34.1 Å². The number of anilines is 1. The molecule has 5 nitrogen and oxygen atoms in total. The Kier molecular flexibility index (Phi) is 5.15. The second-order valence-electron chi connectivity index (χ2n) is 4.52. The Morgan fingerprint density at radius 3 is 2.65 bits per heavy atom. The molecule has 2 unspecified atom stereocenters. The van der Waals surface area contributed by atoms with Crippen molar-refractivity contribution in [2.24, 2.45) is 0 Å². The fourth-order valence-electron chi connectivity index (χ4n) is 1.51. The van der Waals surface area contributed by atoms with Crippen LogP contribution in [0.5, 0.6) is 5.88 Å². The van der Waals surface area contributed by atoms with Crippen molar-refractivity contribution >= 4 is 5.95 Å². The second kappa shape index (κ2) is 6.39. The molecule has 2 N–H and O–H groups in total. The van der Waals surface area contributed by atoms with E-state index in [1.807, 2.05) is 20.8 Å².